The van der Waals surface area contributed by atoms with E-state index in [1.807, 2.05) is 0 Å². The van der Waals surface area contributed by atoms with Gasteiger partial charge in [0.15, 0.2) is 0 Å². The number of ether oxygens (including phenoxy) is 1. The van der Waals surface area contributed by atoms with Crippen molar-refractivity contribution in [3.63, 3.8) is 0 Å². The summed E-state index contributed by atoms with van der Waals surface area (Å²) in [5.74, 6) is 1.87. The minimum atomic E-state index is 0.424. The van der Waals surface area contributed by atoms with E-state index in [2.05, 4.69) is 46.4 Å². The van der Waals surface area contributed by atoms with Crippen molar-refractivity contribution in [2.75, 3.05) is 6.54 Å². The van der Waals surface area contributed by atoms with Crippen LogP contribution in [-0.2, 0) is 0 Å². The van der Waals surface area contributed by atoms with Gasteiger partial charge in [0, 0.05) is 22.5 Å². The van der Waals surface area contributed by atoms with Crippen LogP contribution in [0.5, 0.6) is 5.75 Å². The van der Waals surface area contributed by atoms with E-state index in [4.69, 9.17) is 4.74 Å². The molecule has 2 aliphatic rings. The summed E-state index contributed by atoms with van der Waals surface area (Å²) in [6.07, 6.45) is 4.22. The van der Waals surface area contributed by atoms with Crippen LogP contribution in [0.15, 0.2) is 22.7 Å². The van der Waals surface area contributed by atoms with Gasteiger partial charge in [0.1, 0.15) is 11.9 Å². The van der Waals surface area contributed by atoms with Gasteiger partial charge in [-0.15, -0.1) is 0 Å². The SMILES string of the molecule is CCNC1CC(C2CC2)Oc2ccc(Br)cc21. The monoisotopic (exact) mass is 295 g/mol. The van der Waals surface area contributed by atoms with E-state index < -0.39 is 0 Å². The summed E-state index contributed by atoms with van der Waals surface area (Å²) in [6, 6.07) is 6.80. The highest BCUT2D eigenvalue weighted by atomic mass is 79.9. The Balaban J connectivity index is 1.90. The normalized spacial score (nSPS) is 27.4. The van der Waals surface area contributed by atoms with Crippen LogP contribution in [0, 0.1) is 5.92 Å². The largest absolute Gasteiger partial charge is 0.490 e. The third-order valence-corrected chi connectivity index (χ3v) is 4.19. The highest BCUT2D eigenvalue weighted by Crippen LogP contribution is 2.44. The lowest BCUT2D eigenvalue weighted by Crippen LogP contribution is -2.34. The molecule has 0 amide bonds. The molecule has 1 aromatic rings. The molecule has 17 heavy (non-hydrogen) atoms. The first kappa shape index (κ1) is 11.5. The highest BCUT2D eigenvalue weighted by molar-refractivity contribution is 9.10. The highest BCUT2D eigenvalue weighted by Gasteiger charge is 2.38. The van der Waals surface area contributed by atoms with Crippen LogP contribution in [-0.4, -0.2) is 12.6 Å². The summed E-state index contributed by atoms with van der Waals surface area (Å²) < 4.78 is 7.26. The summed E-state index contributed by atoms with van der Waals surface area (Å²) >= 11 is 3.54. The third kappa shape index (κ3) is 2.36. The maximum absolute atomic E-state index is 6.13. The molecule has 0 saturated heterocycles. The average molecular weight is 296 g/mol. The van der Waals surface area contributed by atoms with Gasteiger partial charge in [-0.25, -0.2) is 0 Å². The number of benzene rings is 1. The Kier molecular flexibility index (Phi) is 3.14. The minimum absolute atomic E-state index is 0.424. The van der Waals surface area contributed by atoms with E-state index in [-0.39, 0.29) is 0 Å². The first-order valence-corrected chi connectivity index (χ1v) is 7.26. The van der Waals surface area contributed by atoms with Crippen molar-refractivity contribution in [3.8, 4) is 5.75 Å². The molecule has 2 nitrogen and oxygen atoms in total. The second-order valence-corrected chi connectivity index (χ2v) is 5.94. The number of nitrogens with one attached hydrogen (secondary N) is 1. The van der Waals surface area contributed by atoms with E-state index in [9.17, 15) is 0 Å². The van der Waals surface area contributed by atoms with Crippen molar-refractivity contribution in [1.82, 2.24) is 5.32 Å². The van der Waals surface area contributed by atoms with E-state index in [1.165, 1.54) is 18.4 Å². The smallest absolute Gasteiger partial charge is 0.124 e. The molecule has 1 saturated carbocycles. The number of halogens is 1. The Bertz CT molecular complexity index is 417. The van der Waals surface area contributed by atoms with Gasteiger partial charge in [-0.1, -0.05) is 22.9 Å². The third-order valence-electron chi connectivity index (χ3n) is 3.69. The van der Waals surface area contributed by atoms with Crippen LogP contribution in [0.1, 0.15) is 37.8 Å². The summed E-state index contributed by atoms with van der Waals surface area (Å²) in [6.45, 7) is 3.17. The lowest BCUT2D eigenvalue weighted by atomic mass is 9.94. The van der Waals surface area contributed by atoms with Crippen molar-refractivity contribution in [2.45, 2.75) is 38.3 Å². The fourth-order valence-corrected chi connectivity index (χ4v) is 3.04. The van der Waals surface area contributed by atoms with Crippen LogP contribution in [0.4, 0.5) is 0 Å². The molecular formula is C14H18BrNO. The van der Waals surface area contributed by atoms with E-state index in [0.29, 0.717) is 12.1 Å². The number of hydrogen-bond acceptors (Lipinski definition) is 2. The molecule has 0 spiro atoms. The van der Waals surface area contributed by atoms with E-state index in [1.54, 1.807) is 0 Å². The van der Waals surface area contributed by atoms with Crippen LogP contribution in [0.2, 0.25) is 0 Å². The molecule has 92 valence electrons. The number of hydrogen-bond donors (Lipinski definition) is 1. The zero-order valence-corrected chi connectivity index (χ0v) is 11.7. The zero-order valence-electron chi connectivity index (χ0n) is 10.1. The predicted octanol–water partition coefficient (Wildman–Crippen LogP) is 3.66. The lowest BCUT2D eigenvalue weighted by Gasteiger charge is -2.33. The molecule has 2 unspecified atom stereocenters. The van der Waals surface area contributed by atoms with E-state index in [0.717, 1.165) is 29.1 Å². The summed E-state index contributed by atoms with van der Waals surface area (Å²) in [5, 5.41) is 3.58. The molecule has 1 aromatic carbocycles. The van der Waals surface area contributed by atoms with Crippen LogP contribution >= 0.6 is 15.9 Å². The van der Waals surface area contributed by atoms with E-state index >= 15 is 0 Å². The molecule has 1 N–H and O–H groups in total. The molecule has 0 bridgehead atoms. The topological polar surface area (TPSA) is 21.3 Å². The van der Waals surface area contributed by atoms with Gasteiger partial charge < -0.3 is 10.1 Å². The first-order chi connectivity index (χ1) is 8.28. The second kappa shape index (κ2) is 4.62. The van der Waals surface area contributed by atoms with Gasteiger partial charge in [0.2, 0.25) is 0 Å². The Hall–Kier alpha value is -0.540. The summed E-state index contributed by atoms with van der Waals surface area (Å²) in [5.41, 5.74) is 1.30. The number of rotatable bonds is 3. The van der Waals surface area contributed by atoms with Crippen molar-refractivity contribution < 1.29 is 4.74 Å². The molecule has 1 aliphatic carbocycles. The predicted molar refractivity (Wildman–Crippen MR) is 72.3 cm³/mol. The van der Waals surface area contributed by atoms with Crippen LogP contribution in [0.25, 0.3) is 0 Å². The van der Waals surface area contributed by atoms with Gasteiger partial charge in [-0.05, 0) is 43.5 Å². The maximum Gasteiger partial charge on any atom is 0.124 e. The Morgan fingerprint density at radius 3 is 2.94 bits per heavy atom. The average Bonchev–Trinajstić information content (AvgIpc) is 3.14. The molecular weight excluding hydrogens is 278 g/mol. The number of fused-ring (bicyclic) bond motifs is 1. The quantitative estimate of drug-likeness (QED) is 0.919. The molecule has 3 rings (SSSR count). The van der Waals surface area contributed by atoms with Crippen molar-refractivity contribution in [2.24, 2.45) is 5.92 Å². The summed E-state index contributed by atoms with van der Waals surface area (Å²) in [4.78, 5) is 0. The van der Waals surface area contributed by atoms with Gasteiger partial charge in [-0.3, -0.25) is 0 Å². The Morgan fingerprint density at radius 1 is 1.41 bits per heavy atom. The molecule has 0 radical (unpaired) electrons. The lowest BCUT2D eigenvalue weighted by molar-refractivity contribution is 0.130. The Morgan fingerprint density at radius 2 is 2.24 bits per heavy atom. The van der Waals surface area contributed by atoms with Crippen molar-refractivity contribution in [1.29, 1.82) is 0 Å². The van der Waals surface area contributed by atoms with Crippen LogP contribution < -0.4 is 10.1 Å². The van der Waals surface area contributed by atoms with Gasteiger partial charge in [0.05, 0.1) is 0 Å². The zero-order chi connectivity index (χ0) is 11.8. The first-order valence-electron chi connectivity index (χ1n) is 6.47. The fourth-order valence-electron chi connectivity index (χ4n) is 2.67. The molecule has 1 heterocycles. The summed E-state index contributed by atoms with van der Waals surface area (Å²) in [7, 11) is 0. The maximum atomic E-state index is 6.13. The second-order valence-electron chi connectivity index (χ2n) is 5.02. The minimum Gasteiger partial charge on any atom is -0.490 e. The molecule has 1 fully saturated rings. The molecule has 2 atom stereocenters. The van der Waals surface area contributed by atoms with Crippen molar-refractivity contribution in [3.05, 3.63) is 28.2 Å². The van der Waals surface area contributed by atoms with Gasteiger partial charge in [0.25, 0.3) is 0 Å². The standard InChI is InChI=1S/C14H18BrNO/c1-2-16-12-8-14(9-3-4-9)17-13-6-5-10(15)7-11(12)13/h5-7,9,12,14,16H,2-4,8H2,1H3. The van der Waals surface area contributed by atoms with Gasteiger partial charge in [-0.2, -0.15) is 0 Å². The molecule has 0 aromatic heterocycles. The molecule has 1 aliphatic heterocycles. The fraction of sp³-hybridized carbons (Fsp3) is 0.571. The Labute approximate surface area is 111 Å². The van der Waals surface area contributed by atoms with Gasteiger partial charge >= 0.3 is 0 Å². The molecule has 3 heteroatoms. The van der Waals surface area contributed by atoms with Crippen LogP contribution in [0.3, 0.4) is 0 Å². The van der Waals surface area contributed by atoms with Crippen molar-refractivity contribution >= 4 is 15.9 Å².